The lowest BCUT2D eigenvalue weighted by Crippen LogP contribution is -2.17. The molecule has 15 heavy (non-hydrogen) atoms. The largest absolute Gasteiger partial charge is 0.120 e. The van der Waals surface area contributed by atoms with Gasteiger partial charge in [-0.2, -0.15) is 0 Å². The number of hydrogen-bond donors (Lipinski definition) is 0. The second-order valence-electron chi connectivity index (χ2n) is 6.15. The molecule has 0 spiro atoms. The molecule has 1 aliphatic rings. The maximum atomic E-state index is 2.61. The van der Waals surface area contributed by atoms with Crippen LogP contribution in [-0.4, -0.2) is 7.28 Å². The minimum atomic E-state index is 0.471. The molecule has 0 aromatic heterocycles. The molecule has 1 rings (SSSR count). The maximum absolute atomic E-state index is 2.61. The molecule has 1 radical (unpaired) electrons. The van der Waals surface area contributed by atoms with E-state index in [1.165, 1.54) is 57.8 Å². The van der Waals surface area contributed by atoms with Gasteiger partial charge in [-0.3, -0.25) is 0 Å². The highest BCUT2D eigenvalue weighted by atomic mass is 14.1. The predicted molar refractivity (Wildman–Crippen MR) is 70.8 cm³/mol. The predicted octanol–water partition coefficient (Wildman–Crippen LogP) is 5.22. The number of rotatable bonds is 0. The Labute approximate surface area is 97.5 Å². The zero-order valence-corrected chi connectivity index (χ0v) is 11.0. The molecule has 1 heteroatoms. The van der Waals surface area contributed by atoms with Gasteiger partial charge < -0.3 is 0 Å². The highest BCUT2D eigenvalue weighted by molar-refractivity contribution is 6.41. The summed E-state index contributed by atoms with van der Waals surface area (Å²) in [5.74, 6) is 0.819. The van der Waals surface area contributed by atoms with Gasteiger partial charge in [-0.1, -0.05) is 89.7 Å². The highest BCUT2D eigenvalue weighted by Crippen LogP contribution is 2.35. The van der Waals surface area contributed by atoms with E-state index in [0.29, 0.717) is 5.31 Å². The molecule has 0 nitrogen and oxygen atoms in total. The second kappa shape index (κ2) is 6.61. The molecule has 0 aromatic rings. The summed E-state index contributed by atoms with van der Waals surface area (Å²) >= 11 is 0. The van der Waals surface area contributed by atoms with Crippen molar-refractivity contribution in [2.75, 3.05) is 0 Å². The molecule has 0 saturated carbocycles. The van der Waals surface area contributed by atoms with E-state index >= 15 is 0 Å². The van der Waals surface area contributed by atoms with Gasteiger partial charge >= 0.3 is 0 Å². The third kappa shape index (κ3) is 6.27. The van der Waals surface area contributed by atoms with E-state index in [4.69, 9.17) is 0 Å². The standard InChI is InChI=1S/C14H28B/c1-13-11-9-7-5-4-6-8-10-12-14(2,3)15-13/h13H,4-12H2,1-3H3. The summed E-state index contributed by atoms with van der Waals surface area (Å²) in [7, 11) is 2.61. The fourth-order valence-corrected chi connectivity index (χ4v) is 2.87. The molecule has 1 heterocycles. The van der Waals surface area contributed by atoms with Crippen LogP contribution in [0.4, 0.5) is 0 Å². The summed E-state index contributed by atoms with van der Waals surface area (Å²) in [6.45, 7) is 7.22. The van der Waals surface area contributed by atoms with Gasteiger partial charge in [0, 0.05) is 0 Å². The Bertz CT molecular complexity index is 163. The van der Waals surface area contributed by atoms with Gasteiger partial charge in [0.05, 0.1) is 0 Å². The summed E-state index contributed by atoms with van der Waals surface area (Å²) in [6, 6.07) is 0. The molecule has 1 atom stereocenters. The molecular formula is C14H28B. The molecule has 87 valence electrons. The van der Waals surface area contributed by atoms with E-state index in [1.807, 2.05) is 0 Å². The lowest BCUT2D eigenvalue weighted by atomic mass is 9.45. The van der Waals surface area contributed by atoms with Crippen LogP contribution in [0.5, 0.6) is 0 Å². The van der Waals surface area contributed by atoms with E-state index in [2.05, 4.69) is 28.1 Å². The fourth-order valence-electron chi connectivity index (χ4n) is 2.87. The van der Waals surface area contributed by atoms with Crippen molar-refractivity contribution < 1.29 is 0 Å². The van der Waals surface area contributed by atoms with Crippen LogP contribution in [0, 0.1) is 0 Å². The first-order chi connectivity index (χ1) is 7.10. The average Bonchev–Trinajstić information content (AvgIpc) is 2.12. The molecule has 0 aromatic carbocycles. The third-order valence-electron chi connectivity index (χ3n) is 3.72. The highest BCUT2D eigenvalue weighted by Gasteiger charge is 2.22. The van der Waals surface area contributed by atoms with Crippen molar-refractivity contribution in [3.8, 4) is 0 Å². The Morgan fingerprint density at radius 2 is 1.40 bits per heavy atom. The number of hydrogen-bond acceptors (Lipinski definition) is 0. The maximum Gasteiger partial charge on any atom is 0.120 e. The van der Waals surface area contributed by atoms with E-state index < -0.39 is 0 Å². The summed E-state index contributed by atoms with van der Waals surface area (Å²) in [6.07, 6.45) is 13.0. The zero-order valence-electron chi connectivity index (χ0n) is 11.0. The molecule has 1 saturated heterocycles. The van der Waals surface area contributed by atoms with Crippen LogP contribution in [0.3, 0.4) is 0 Å². The van der Waals surface area contributed by atoms with Crippen LogP contribution in [0.2, 0.25) is 11.1 Å². The monoisotopic (exact) mass is 207 g/mol. The van der Waals surface area contributed by atoms with Crippen LogP contribution in [0.25, 0.3) is 0 Å². The first kappa shape index (κ1) is 13.1. The van der Waals surface area contributed by atoms with E-state index in [0.717, 1.165) is 5.82 Å². The van der Waals surface area contributed by atoms with Crippen LogP contribution in [0.15, 0.2) is 0 Å². The Morgan fingerprint density at radius 1 is 0.867 bits per heavy atom. The molecule has 0 bridgehead atoms. The van der Waals surface area contributed by atoms with Crippen molar-refractivity contribution in [2.45, 2.75) is 89.7 Å². The molecular weight excluding hydrogens is 179 g/mol. The van der Waals surface area contributed by atoms with Crippen molar-refractivity contribution in [3.63, 3.8) is 0 Å². The molecule has 0 amide bonds. The quantitative estimate of drug-likeness (QED) is 0.477. The van der Waals surface area contributed by atoms with Gasteiger partial charge in [-0.25, -0.2) is 0 Å². The van der Waals surface area contributed by atoms with Gasteiger partial charge in [0.15, 0.2) is 0 Å². The van der Waals surface area contributed by atoms with Gasteiger partial charge in [0.1, 0.15) is 7.28 Å². The molecule has 1 unspecified atom stereocenters. The van der Waals surface area contributed by atoms with Gasteiger partial charge in [0.25, 0.3) is 0 Å². The van der Waals surface area contributed by atoms with Crippen molar-refractivity contribution >= 4 is 7.28 Å². The molecule has 0 aliphatic carbocycles. The lowest BCUT2D eigenvalue weighted by molar-refractivity contribution is 0.498. The molecule has 1 fully saturated rings. The third-order valence-corrected chi connectivity index (χ3v) is 3.72. The Morgan fingerprint density at radius 3 is 2.07 bits per heavy atom. The van der Waals surface area contributed by atoms with Crippen molar-refractivity contribution in [3.05, 3.63) is 0 Å². The van der Waals surface area contributed by atoms with Crippen molar-refractivity contribution in [2.24, 2.45) is 0 Å². The van der Waals surface area contributed by atoms with Gasteiger partial charge in [0.2, 0.25) is 0 Å². The van der Waals surface area contributed by atoms with Crippen LogP contribution >= 0.6 is 0 Å². The Kier molecular flexibility index (Phi) is 5.78. The SMILES string of the molecule is CC1[B]C(C)(C)CCCCCCCCC1. The zero-order chi connectivity index (χ0) is 11.1. The van der Waals surface area contributed by atoms with Crippen LogP contribution < -0.4 is 0 Å². The van der Waals surface area contributed by atoms with E-state index in [9.17, 15) is 0 Å². The first-order valence-electron chi connectivity index (χ1n) is 6.96. The smallest absolute Gasteiger partial charge is 0.0710 e. The molecule has 1 aliphatic heterocycles. The minimum Gasteiger partial charge on any atom is -0.0710 e. The Balaban J connectivity index is 2.36. The summed E-state index contributed by atoms with van der Waals surface area (Å²) < 4.78 is 0. The van der Waals surface area contributed by atoms with Crippen LogP contribution in [-0.2, 0) is 0 Å². The summed E-state index contributed by atoms with van der Waals surface area (Å²) in [5, 5.41) is 0.471. The topological polar surface area (TPSA) is 0 Å². The van der Waals surface area contributed by atoms with Gasteiger partial charge in [-0.15, -0.1) is 0 Å². The first-order valence-corrected chi connectivity index (χ1v) is 6.96. The van der Waals surface area contributed by atoms with Crippen molar-refractivity contribution in [1.82, 2.24) is 0 Å². The average molecular weight is 207 g/mol. The minimum absolute atomic E-state index is 0.471. The fraction of sp³-hybridized carbons (Fsp3) is 1.00. The normalized spacial score (nSPS) is 29.7. The van der Waals surface area contributed by atoms with Gasteiger partial charge in [-0.05, 0) is 0 Å². The lowest BCUT2D eigenvalue weighted by Gasteiger charge is -2.27. The summed E-state index contributed by atoms with van der Waals surface area (Å²) in [5.41, 5.74) is 0. The molecule has 0 N–H and O–H groups in total. The summed E-state index contributed by atoms with van der Waals surface area (Å²) in [4.78, 5) is 0. The van der Waals surface area contributed by atoms with Crippen molar-refractivity contribution in [1.29, 1.82) is 0 Å². The van der Waals surface area contributed by atoms with Crippen LogP contribution in [0.1, 0.15) is 78.6 Å². The van der Waals surface area contributed by atoms with E-state index in [1.54, 1.807) is 0 Å². The second-order valence-corrected chi connectivity index (χ2v) is 6.15. The van der Waals surface area contributed by atoms with E-state index in [-0.39, 0.29) is 0 Å². The Hall–Kier alpha value is 0.0649.